The first-order valence-corrected chi connectivity index (χ1v) is 8.59. The van der Waals surface area contributed by atoms with Crippen molar-refractivity contribution in [3.63, 3.8) is 0 Å². The molecule has 1 saturated heterocycles. The molecule has 2 nitrogen and oxygen atoms in total. The normalized spacial score (nSPS) is 21.9. The van der Waals surface area contributed by atoms with Crippen molar-refractivity contribution >= 4 is 5.57 Å². The summed E-state index contributed by atoms with van der Waals surface area (Å²) >= 11 is 0. The second-order valence-corrected chi connectivity index (χ2v) is 6.48. The van der Waals surface area contributed by atoms with Crippen LogP contribution < -0.4 is 0 Å². The van der Waals surface area contributed by atoms with Crippen LogP contribution in [0.3, 0.4) is 0 Å². The summed E-state index contributed by atoms with van der Waals surface area (Å²) in [4.78, 5) is 2.54. The Balaban J connectivity index is 1.75. The zero-order valence-electron chi connectivity index (χ0n) is 13.5. The predicted octanol–water partition coefficient (Wildman–Crippen LogP) is 4.42. The first-order chi connectivity index (χ1) is 10.8. The van der Waals surface area contributed by atoms with E-state index in [9.17, 15) is 0 Å². The molecule has 2 aliphatic heterocycles. The molecule has 2 aliphatic rings. The molecule has 118 valence electrons. The van der Waals surface area contributed by atoms with Crippen LogP contribution in [0.15, 0.2) is 42.5 Å². The van der Waals surface area contributed by atoms with Crippen molar-refractivity contribution in [1.82, 2.24) is 4.90 Å². The maximum Gasteiger partial charge on any atom is 0.0722 e. The smallest absolute Gasteiger partial charge is 0.0722 e. The highest BCUT2D eigenvalue weighted by molar-refractivity contribution is 5.70. The van der Waals surface area contributed by atoms with E-state index in [1.807, 2.05) is 0 Å². The quantitative estimate of drug-likeness (QED) is 0.818. The Morgan fingerprint density at radius 3 is 2.82 bits per heavy atom. The largest absolute Gasteiger partial charge is 0.377 e. The van der Waals surface area contributed by atoms with Gasteiger partial charge < -0.3 is 4.74 Å². The Labute approximate surface area is 134 Å². The van der Waals surface area contributed by atoms with E-state index in [4.69, 9.17) is 4.74 Å². The summed E-state index contributed by atoms with van der Waals surface area (Å²) < 4.78 is 5.72. The number of ether oxygens (including phenoxy) is 1. The molecule has 1 fully saturated rings. The minimum Gasteiger partial charge on any atom is -0.377 e. The van der Waals surface area contributed by atoms with Gasteiger partial charge in [-0.3, -0.25) is 4.90 Å². The Kier molecular flexibility index (Phi) is 5.47. The van der Waals surface area contributed by atoms with Crippen molar-refractivity contribution in [2.24, 2.45) is 0 Å². The van der Waals surface area contributed by atoms with E-state index in [0.717, 1.165) is 32.6 Å². The second kappa shape index (κ2) is 7.75. The van der Waals surface area contributed by atoms with E-state index in [0.29, 0.717) is 0 Å². The van der Waals surface area contributed by atoms with Gasteiger partial charge in [0, 0.05) is 13.2 Å². The van der Waals surface area contributed by atoms with Crippen LogP contribution in [0.5, 0.6) is 0 Å². The number of benzene rings is 1. The average Bonchev–Trinajstić information content (AvgIpc) is 2.52. The number of nitrogens with zero attached hydrogens (tertiary/aromatic N) is 1. The number of hydrogen-bond donors (Lipinski definition) is 0. The van der Waals surface area contributed by atoms with E-state index in [1.165, 1.54) is 54.6 Å². The van der Waals surface area contributed by atoms with E-state index >= 15 is 0 Å². The maximum atomic E-state index is 5.72. The van der Waals surface area contributed by atoms with Gasteiger partial charge in [-0.1, -0.05) is 43.3 Å². The summed E-state index contributed by atoms with van der Waals surface area (Å²) in [6.07, 6.45) is 8.57. The Bertz CT molecular complexity index is 540. The lowest BCUT2D eigenvalue weighted by Gasteiger charge is -2.27. The highest BCUT2D eigenvalue weighted by Crippen LogP contribution is 2.28. The molecule has 1 aromatic carbocycles. The zero-order valence-corrected chi connectivity index (χ0v) is 13.5. The van der Waals surface area contributed by atoms with Crippen molar-refractivity contribution in [2.45, 2.75) is 38.7 Å². The fourth-order valence-corrected chi connectivity index (χ4v) is 3.49. The van der Waals surface area contributed by atoms with Gasteiger partial charge in [0.15, 0.2) is 0 Å². The highest BCUT2D eigenvalue weighted by atomic mass is 16.5. The Hall–Kier alpha value is -1.38. The van der Waals surface area contributed by atoms with Crippen molar-refractivity contribution in [1.29, 1.82) is 0 Å². The molecule has 0 aromatic heterocycles. The molecule has 1 aromatic rings. The van der Waals surface area contributed by atoms with Gasteiger partial charge >= 0.3 is 0 Å². The summed E-state index contributed by atoms with van der Waals surface area (Å²) in [5, 5.41) is 0. The van der Waals surface area contributed by atoms with Crippen LogP contribution in [-0.2, 0) is 11.3 Å². The van der Waals surface area contributed by atoms with Gasteiger partial charge in [-0.25, -0.2) is 0 Å². The molecule has 0 spiro atoms. The number of allylic oxidation sites excluding steroid dienone is 1. The van der Waals surface area contributed by atoms with Crippen molar-refractivity contribution in [3.05, 3.63) is 53.6 Å². The minimum absolute atomic E-state index is 0.728. The van der Waals surface area contributed by atoms with Crippen LogP contribution in [0, 0.1) is 0 Å². The molecule has 0 bridgehead atoms. The fraction of sp³-hybridized carbons (Fsp3) is 0.500. The number of fused-ring (bicyclic) bond motifs is 1. The maximum absolute atomic E-state index is 5.72. The summed E-state index contributed by atoms with van der Waals surface area (Å²) in [7, 11) is 0. The number of rotatable bonds is 3. The monoisotopic (exact) mass is 297 g/mol. The molecule has 0 aliphatic carbocycles. The zero-order chi connectivity index (χ0) is 15.2. The minimum atomic E-state index is 0.728. The van der Waals surface area contributed by atoms with Gasteiger partial charge in [0.2, 0.25) is 0 Å². The Morgan fingerprint density at radius 1 is 1.14 bits per heavy atom. The molecular formula is C20H27NO. The second-order valence-electron chi connectivity index (χ2n) is 6.48. The molecule has 22 heavy (non-hydrogen) atoms. The van der Waals surface area contributed by atoms with Gasteiger partial charge in [-0.15, -0.1) is 0 Å². The third-order valence-corrected chi connectivity index (χ3v) is 4.61. The number of likely N-dealkylation sites (tertiary alicyclic amines) is 1. The SMILES string of the molecule is C=C(/C=C1/CCCOCc2ccccc21)CN1CCCCC1. The van der Waals surface area contributed by atoms with Crippen molar-refractivity contribution in [2.75, 3.05) is 26.2 Å². The molecule has 0 saturated carbocycles. The molecule has 0 unspecified atom stereocenters. The van der Waals surface area contributed by atoms with Gasteiger partial charge in [0.05, 0.1) is 6.61 Å². The lowest BCUT2D eigenvalue weighted by atomic mass is 9.94. The molecule has 3 rings (SSSR count). The van der Waals surface area contributed by atoms with Crippen molar-refractivity contribution < 1.29 is 4.74 Å². The molecule has 0 radical (unpaired) electrons. The van der Waals surface area contributed by atoms with Gasteiger partial charge in [-0.05, 0) is 61.0 Å². The lowest BCUT2D eigenvalue weighted by molar-refractivity contribution is 0.117. The molecular weight excluding hydrogens is 270 g/mol. The first-order valence-electron chi connectivity index (χ1n) is 8.59. The fourth-order valence-electron chi connectivity index (χ4n) is 3.49. The Morgan fingerprint density at radius 2 is 1.95 bits per heavy atom. The predicted molar refractivity (Wildman–Crippen MR) is 92.7 cm³/mol. The van der Waals surface area contributed by atoms with Crippen LogP contribution >= 0.6 is 0 Å². The van der Waals surface area contributed by atoms with Crippen LogP contribution in [0.1, 0.15) is 43.2 Å². The van der Waals surface area contributed by atoms with E-state index in [-0.39, 0.29) is 0 Å². The topological polar surface area (TPSA) is 12.5 Å². The average molecular weight is 297 g/mol. The van der Waals surface area contributed by atoms with E-state index in [2.05, 4.69) is 41.8 Å². The molecule has 0 N–H and O–H groups in total. The van der Waals surface area contributed by atoms with Crippen LogP contribution in [0.25, 0.3) is 5.57 Å². The molecule has 2 heteroatoms. The molecule has 0 amide bonds. The summed E-state index contributed by atoms with van der Waals surface area (Å²) in [5.41, 5.74) is 5.33. The van der Waals surface area contributed by atoms with E-state index in [1.54, 1.807) is 0 Å². The third kappa shape index (κ3) is 4.08. The summed E-state index contributed by atoms with van der Waals surface area (Å²) in [6, 6.07) is 8.64. The van der Waals surface area contributed by atoms with Gasteiger partial charge in [0.25, 0.3) is 0 Å². The van der Waals surface area contributed by atoms with Gasteiger partial charge in [0.1, 0.15) is 0 Å². The van der Waals surface area contributed by atoms with Crippen LogP contribution in [0.2, 0.25) is 0 Å². The van der Waals surface area contributed by atoms with Gasteiger partial charge in [-0.2, -0.15) is 0 Å². The van der Waals surface area contributed by atoms with Crippen LogP contribution in [-0.4, -0.2) is 31.1 Å². The third-order valence-electron chi connectivity index (χ3n) is 4.61. The molecule has 2 heterocycles. The standard InChI is InChI=1S/C20H27NO/c1-17(15-21-11-5-2-6-12-21)14-18-9-7-13-22-16-19-8-3-4-10-20(18)19/h3-4,8,10,14H,1-2,5-7,9,11-13,15-16H2/b18-14-. The van der Waals surface area contributed by atoms with Crippen molar-refractivity contribution in [3.8, 4) is 0 Å². The van der Waals surface area contributed by atoms with Crippen LogP contribution in [0.4, 0.5) is 0 Å². The number of piperidine rings is 1. The summed E-state index contributed by atoms with van der Waals surface area (Å²) in [5.74, 6) is 0. The molecule has 0 atom stereocenters. The number of hydrogen-bond acceptors (Lipinski definition) is 2. The highest BCUT2D eigenvalue weighted by Gasteiger charge is 2.13. The van der Waals surface area contributed by atoms with E-state index < -0.39 is 0 Å². The summed E-state index contributed by atoms with van der Waals surface area (Å²) in [6.45, 7) is 9.37. The lowest BCUT2D eigenvalue weighted by Crippen LogP contribution is -2.31. The first kappa shape index (κ1) is 15.5.